The Morgan fingerprint density at radius 3 is 2.81 bits per heavy atom. The minimum absolute atomic E-state index is 1.16. The molecule has 0 aliphatic carbocycles. The lowest BCUT2D eigenvalue weighted by atomic mass is 10.2. The highest BCUT2D eigenvalue weighted by atomic mass is 32.2. The second-order valence-corrected chi connectivity index (χ2v) is 5.29. The van der Waals surface area contributed by atoms with Crippen LogP contribution in [0.2, 0.25) is 0 Å². The highest BCUT2D eigenvalue weighted by molar-refractivity contribution is 7.99. The molecule has 90 valence electrons. The van der Waals surface area contributed by atoms with E-state index in [9.17, 15) is 0 Å². The molecule has 0 heterocycles. The Morgan fingerprint density at radius 2 is 2.06 bits per heavy atom. The van der Waals surface area contributed by atoms with Crippen molar-refractivity contribution >= 4 is 11.8 Å². The zero-order valence-electron chi connectivity index (χ0n) is 10.5. The van der Waals surface area contributed by atoms with Crippen molar-refractivity contribution < 1.29 is 0 Å². The van der Waals surface area contributed by atoms with E-state index in [-0.39, 0.29) is 0 Å². The van der Waals surface area contributed by atoms with Gasteiger partial charge in [-0.25, -0.2) is 0 Å². The van der Waals surface area contributed by atoms with Crippen LogP contribution in [0.25, 0.3) is 0 Å². The number of benzene rings is 1. The van der Waals surface area contributed by atoms with Crippen molar-refractivity contribution in [1.82, 2.24) is 5.32 Å². The molecule has 1 aromatic rings. The molecule has 0 aliphatic heterocycles. The second-order valence-electron chi connectivity index (χ2n) is 4.12. The minimum atomic E-state index is 1.16. The normalized spacial score (nSPS) is 10.6. The first-order valence-corrected chi connectivity index (χ1v) is 7.21. The van der Waals surface area contributed by atoms with E-state index in [2.05, 4.69) is 43.4 Å². The number of aryl methyl sites for hydroxylation is 1. The maximum atomic E-state index is 3.43. The van der Waals surface area contributed by atoms with Crippen LogP contribution in [0.5, 0.6) is 0 Å². The third-order valence-corrected chi connectivity index (χ3v) is 3.51. The molecule has 0 spiro atoms. The second kappa shape index (κ2) is 8.66. The van der Waals surface area contributed by atoms with Crippen LogP contribution in [-0.2, 0) is 0 Å². The van der Waals surface area contributed by atoms with E-state index in [0.29, 0.717) is 0 Å². The van der Waals surface area contributed by atoms with Gasteiger partial charge in [0.2, 0.25) is 0 Å². The molecule has 0 radical (unpaired) electrons. The van der Waals surface area contributed by atoms with Gasteiger partial charge in [-0.3, -0.25) is 0 Å². The summed E-state index contributed by atoms with van der Waals surface area (Å²) in [5.41, 5.74) is 1.36. The highest BCUT2D eigenvalue weighted by Gasteiger charge is 1.94. The number of unbranched alkanes of at least 4 members (excludes halogenated alkanes) is 1. The Morgan fingerprint density at radius 1 is 1.19 bits per heavy atom. The van der Waals surface area contributed by atoms with Gasteiger partial charge in [0.05, 0.1) is 0 Å². The topological polar surface area (TPSA) is 12.0 Å². The Labute approximate surface area is 104 Å². The molecule has 0 fully saturated rings. The number of hydrogen-bond acceptors (Lipinski definition) is 2. The number of nitrogens with one attached hydrogen (secondary N) is 1. The molecule has 0 bridgehead atoms. The van der Waals surface area contributed by atoms with Crippen LogP contribution in [-0.4, -0.2) is 18.8 Å². The molecule has 1 aromatic carbocycles. The lowest BCUT2D eigenvalue weighted by Crippen LogP contribution is -2.15. The molecule has 0 amide bonds. The maximum absolute atomic E-state index is 3.43. The smallest absolute Gasteiger partial charge is 0.00745 e. The number of rotatable bonds is 8. The Kier molecular flexibility index (Phi) is 7.35. The van der Waals surface area contributed by atoms with Gasteiger partial charge in [0, 0.05) is 4.90 Å². The average molecular weight is 237 g/mol. The molecule has 0 aliphatic rings. The van der Waals surface area contributed by atoms with E-state index in [1.807, 2.05) is 11.8 Å². The van der Waals surface area contributed by atoms with Crippen LogP contribution < -0.4 is 5.32 Å². The SMILES string of the molecule is CCCNCCCCSc1cccc(C)c1. The van der Waals surface area contributed by atoms with Crippen LogP contribution in [0.4, 0.5) is 0 Å². The minimum Gasteiger partial charge on any atom is -0.317 e. The standard InChI is InChI=1S/C14H23NS/c1-3-9-15-10-4-5-11-16-14-8-6-7-13(2)12-14/h6-8,12,15H,3-5,9-11H2,1-2H3. The lowest BCUT2D eigenvalue weighted by Gasteiger charge is -2.04. The number of hydrogen-bond donors (Lipinski definition) is 1. The molecule has 0 atom stereocenters. The maximum Gasteiger partial charge on any atom is 0.00745 e. The first-order chi connectivity index (χ1) is 7.83. The summed E-state index contributed by atoms with van der Waals surface area (Å²) in [4.78, 5) is 1.40. The van der Waals surface area contributed by atoms with Crippen molar-refractivity contribution in [3.8, 4) is 0 Å². The third-order valence-electron chi connectivity index (χ3n) is 2.43. The van der Waals surface area contributed by atoms with Gasteiger partial charge in [-0.05, 0) is 57.2 Å². The predicted octanol–water partition coefficient (Wildman–Crippen LogP) is 3.87. The zero-order valence-corrected chi connectivity index (χ0v) is 11.3. The fraction of sp³-hybridized carbons (Fsp3) is 0.571. The van der Waals surface area contributed by atoms with E-state index in [1.165, 1.54) is 42.0 Å². The van der Waals surface area contributed by atoms with Crippen LogP contribution in [0, 0.1) is 6.92 Å². The first kappa shape index (κ1) is 13.6. The summed E-state index contributed by atoms with van der Waals surface area (Å²) in [6.07, 6.45) is 3.83. The molecule has 16 heavy (non-hydrogen) atoms. The molecular formula is C14H23NS. The van der Waals surface area contributed by atoms with Gasteiger partial charge in [0.25, 0.3) is 0 Å². The van der Waals surface area contributed by atoms with Gasteiger partial charge in [0.15, 0.2) is 0 Å². The van der Waals surface area contributed by atoms with Crippen LogP contribution in [0.3, 0.4) is 0 Å². The molecule has 1 nitrogen and oxygen atoms in total. The highest BCUT2D eigenvalue weighted by Crippen LogP contribution is 2.19. The third kappa shape index (κ3) is 6.19. The van der Waals surface area contributed by atoms with E-state index in [0.717, 1.165) is 6.54 Å². The van der Waals surface area contributed by atoms with Crippen LogP contribution in [0.15, 0.2) is 29.2 Å². The summed E-state index contributed by atoms with van der Waals surface area (Å²) in [5, 5.41) is 3.43. The fourth-order valence-electron chi connectivity index (χ4n) is 1.55. The Balaban J connectivity index is 2.03. The van der Waals surface area contributed by atoms with Crippen molar-refractivity contribution in [2.45, 2.75) is 38.0 Å². The van der Waals surface area contributed by atoms with Gasteiger partial charge in [-0.2, -0.15) is 0 Å². The summed E-state index contributed by atoms with van der Waals surface area (Å²) >= 11 is 1.97. The van der Waals surface area contributed by atoms with Crippen molar-refractivity contribution in [1.29, 1.82) is 0 Å². The van der Waals surface area contributed by atoms with Crippen molar-refractivity contribution in [3.63, 3.8) is 0 Å². The van der Waals surface area contributed by atoms with Gasteiger partial charge in [-0.1, -0.05) is 24.6 Å². The lowest BCUT2D eigenvalue weighted by molar-refractivity contribution is 0.635. The summed E-state index contributed by atoms with van der Waals surface area (Å²) < 4.78 is 0. The fourth-order valence-corrected chi connectivity index (χ4v) is 2.58. The molecule has 1 N–H and O–H groups in total. The summed E-state index contributed by atoms with van der Waals surface area (Å²) in [5.74, 6) is 1.23. The van der Waals surface area contributed by atoms with Crippen LogP contribution in [0.1, 0.15) is 31.7 Å². The monoisotopic (exact) mass is 237 g/mol. The quantitative estimate of drug-likeness (QED) is 0.544. The molecular weight excluding hydrogens is 214 g/mol. The molecule has 0 aromatic heterocycles. The van der Waals surface area contributed by atoms with E-state index in [4.69, 9.17) is 0 Å². The van der Waals surface area contributed by atoms with Gasteiger partial charge < -0.3 is 5.32 Å². The summed E-state index contributed by atoms with van der Waals surface area (Å²) in [6.45, 7) is 6.69. The molecule has 2 heteroatoms. The van der Waals surface area contributed by atoms with Gasteiger partial charge in [0.1, 0.15) is 0 Å². The molecule has 1 rings (SSSR count). The first-order valence-electron chi connectivity index (χ1n) is 6.23. The zero-order chi connectivity index (χ0) is 11.6. The molecule has 0 unspecified atom stereocenters. The van der Waals surface area contributed by atoms with E-state index < -0.39 is 0 Å². The van der Waals surface area contributed by atoms with Crippen molar-refractivity contribution in [3.05, 3.63) is 29.8 Å². The Hall–Kier alpha value is -0.470. The summed E-state index contributed by atoms with van der Waals surface area (Å²) in [6, 6.07) is 8.76. The van der Waals surface area contributed by atoms with Crippen LogP contribution >= 0.6 is 11.8 Å². The molecule has 0 saturated heterocycles. The van der Waals surface area contributed by atoms with E-state index >= 15 is 0 Å². The van der Waals surface area contributed by atoms with Crippen molar-refractivity contribution in [2.24, 2.45) is 0 Å². The number of thioether (sulfide) groups is 1. The van der Waals surface area contributed by atoms with Gasteiger partial charge in [-0.15, -0.1) is 11.8 Å². The van der Waals surface area contributed by atoms with E-state index in [1.54, 1.807) is 0 Å². The molecule has 0 saturated carbocycles. The Bertz CT molecular complexity index is 286. The summed E-state index contributed by atoms with van der Waals surface area (Å²) in [7, 11) is 0. The van der Waals surface area contributed by atoms with Crippen molar-refractivity contribution in [2.75, 3.05) is 18.8 Å². The van der Waals surface area contributed by atoms with Gasteiger partial charge >= 0.3 is 0 Å². The average Bonchev–Trinajstić information content (AvgIpc) is 2.28. The predicted molar refractivity (Wildman–Crippen MR) is 74.3 cm³/mol. The largest absolute Gasteiger partial charge is 0.317 e.